The van der Waals surface area contributed by atoms with Gasteiger partial charge in [0.05, 0.1) is 12.1 Å². The van der Waals surface area contributed by atoms with Crippen LogP contribution in [0.3, 0.4) is 0 Å². The van der Waals surface area contributed by atoms with Crippen LogP contribution in [-0.2, 0) is 4.74 Å². The van der Waals surface area contributed by atoms with Gasteiger partial charge in [-0.05, 0) is 37.3 Å². The van der Waals surface area contributed by atoms with Crippen molar-refractivity contribution >= 4 is 11.3 Å². The van der Waals surface area contributed by atoms with Crippen molar-refractivity contribution in [2.75, 3.05) is 6.61 Å². The maximum atomic E-state index is 5.66. The van der Waals surface area contributed by atoms with Crippen LogP contribution in [0.25, 0.3) is 0 Å². The Labute approximate surface area is 94.6 Å². The summed E-state index contributed by atoms with van der Waals surface area (Å²) >= 11 is 1.77. The van der Waals surface area contributed by atoms with E-state index in [1.165, 1.54) is 10.4 Å². The highest BCUT2D eigenvalue weighted by Gasteiger charge is 2.32. The van der Waals surface area contributed by atoms with E-state index in [4.69, 9.17) is 10.6 Å². The van der Waals surface area contributed by atoms with E-state index < -0.39 is 0 Å². The number of nitrogens with two attached hydrogens (primary N) is 1. The summed E-state index contributed by atoms with van der Waals surface area (Å²) in [6.45, 7) is 5.10. The van der Waals surface area contributed by atoms with E-state index in [1.54, 1.807) is 11.3 Å². The van der Waals surface area contributed by atoms with Gasteiger partial charge in [-0.2, -0.15) is 0 Å². The Bertz CT molecular complexity index is 326. The van der Waals surface area contributed by atoms with Crippen molar-refractivity contribution in [3.63, 3.8) is 0 Å². The number of nitrogens with one attached hydrogen (secondary N) is 1. The third-order valence-corrected chi connectivity index (χ3v) is 4.03. The second-order valence-electron chi connectivity index (χ2n) is 4.16. The van der Waals surface area contributed by atoms with Crippen LogP contribution < -0.4 is 11.3 Å². The summed E-state index contributed by atoms with van der Waals surface area (Å²) in [7, 11) is 0. The summed E-state index contributed by atoms with van der Waals surface area (Å²) in [6.07, 6.45) is 1.39. The Morgan fingerprint density at radius 2 is 2.47 bits per heavy atom. The largest absolute Gasteiger partial charge is 0.378 e. The van der Waals surface area contributed by atoms with Crippen LogP contribution >= 0.6 is 11.3 Å². The molecule has 0 spiro atoms. The second-order valence-corrected chi connectivity index (χ2v) is 5.28. The fourth-order valence-electron chi connectivity index (χ4n) is 2.28. The smallest absolute Gasteiger partial charge is 0.0594 e. The maximum absolute atomic E-state index is 5.66. The van der Waals surface area contributed by atoms with Gasteiger partial charge in [0.2, 0.25) is 0 Å². The first kappa shape index (κ1) is 11.1. The average Bonchev–Trinajstić information content (AvgIpc) is 2.79. The van der Waals surface area contributed by atoms with Gasteiger partial charge in [0, 0.05) is 17.4 Å². The van der Waals surface area contributed by atoms with Crippen LogP contribution in [0.5, 0.6) is 0 Å². The monoisotopic (exact) mass is 226 g/mol. The Hall–Kier alpha value is -0.420. The molecule has 1 aliphatic rings. The maximum Gasteiger partial charge on any atom is 0.0594 e. The molecule has 3 atom stereocenters. The molecule has 3 unspecified atom stereocenters. The second kappa shape index (κ2) is 4.61. The number of ether oxygens (including phenoxy) is 1. The Morgan fingerprint density at radius 1 is 1.67 bits per heavy atom. The van der Waals surface area contributed by atoms with Gasteiger partial charge in [0.15, 0.2) is 0 Å². The minimum Gasteiger partial charge on any atom is -0.378 e. The number of aryl methyl sites for hydroxylation is 1. The summed E-state index contributed by atoms with van der Waals surface area (Å²) in [4.78, 5) is 1.33. The van der Waals surface area contributed by atoms with E-state index in [0.717, 1.165) is 13.0 Å². The van der Waals surface area contributed by atoms with E-state index in [2.05, 4.69) is 30.7 Å². The first-order valence-corrected chi connectivity index (χ1v) is 6.23. The molecule has 1 aliphatic heterocycles. The standard InChI is InChI=1S/C11H18N2OS/c1-7-5-9(6-15-7)11(13-12)10-3-4-14-8(10)2/h5-6,8,10-11,13H,3-4,12H2,1-2H3. The molecule has 2 heterocycles. The molecule has 0 aliphatic carbocycles. The molecule has 1 fully saturated rings. The van der Waals surface area contributed by atoms with Crippen molar-refractivity contribution in [2.24, 2.45) is 11.8 Å². The van der Waals surface area contributed by atoms with Crippen molar-refractivity contribution < 1.29 is 4.74 Å². The molecule has 0 saturated carbocycles. The molecule has 0 bridgehead atoms. The number of rotatable bonds is 3. The Morgan fingerprint density at radius 3 is 2.93 bits per heavy atom. The molecule has 1 aromatic rings. The molecule has 4 heteroatoms. The molecule has 0 amide bonds. The van der Waals surface area contributed by atoms with Crippen molar-refractivity contribution in [1.82, 2.24) is 5.43 Å². The normalized spacial score (nSPS) is 28.2. The van der Waals surface area contributed by atoms with Crippen molar-refractivity contribution in [3.8, 4) is 0 Å². The highest BCUT2D eigenvalue weighted by molar-refractivity contribution is 7.10. The fourth-order valence-corrected chi connectivity index (χ4v) is 3.02. The number of hydrogen-bond acceptors (Lipinski definition) is 4. The highest BCUT2D eigenvalue weighted by atomic mass is 32.1. The molecule has 84 valence electrons. The zero-order chi connectivity index (χ0) is 10.8. The molecule has 2 rings (SSSR count). The third kappa shape index (κ3) is 2.23. The quantitative estimate of drug-likeness (QED) is 0.612. The first-order chi connectivity index (χ1) is 7.22. The molecule has 1 saturated heterocycles. The van der Waals surface area contributed by atoms with Gasteiger partial charge in [-0.3, -0.25) is 11.3 Å². The van der Waals surface area contributed by atoms with Gasteiger partial charge in [-0.15, -0.1) is 11.3 Å². The van der Waals surface area contributed by atoms with E-state index in [1.807, 2.05) is 0 Å². The Kier molecular flexibility index (Phi) is 3.41. The first-order valence-electron chi connectivity index (χ1n) is 5.35. The zero-order valence-corrected chi connectivity index (χ0v) is 10.0. The van der Waals surface area contributed by atoms with Crippen LogP contribution in [0, 0.1) is 12.8 Å². The summed E-state index contributed by atoms with van der Waals surface area (Å²) in [5.41, 5.74) is 4.22. The molecule has 1 aromatic heterocycles. The van der Waals surface area contributed by atoms with Gasteiger partial charge < -0.3 is 4.74 Å². The van der Waals surface area contributed by atoms with Gasteiger partial charge in [0.25, 0.3) is 0 Å². The van der Waals surface area contributed by atoms with Gasteiger partial charge in [0.1, 0.15) is 0 Å². The summed E-state index contributed by atoms with van der Waals surface area (Å²) in [5.74, 6) is 6.14. The predicted molar refractivity (Wildman–Crippen MR) is 62.6 cm³/mol. The van der Waals surface area contributed by atoms with Crippen molar-refractivity contribution in [2.45, 2.75) is 32.4 Å². The summed E-state index contributed by atoms with van der Waals surface area (Å²) < 4.78 is 5.58. The van der Waals surface area contributed by atoms with E-state index in [-0.39, 0.29) is 6.04 Å². The van der Waals surface area contributed by atoms with Gasteiger partial charge in [-0.25, -0.2) is 0 Å². The molecule has 0 radical (unpaired) electrons. The average molecular weight is 226 g/mol. The van der Waals surface area contributed by atoms with Crippen LogP contribution in [0.1, 0.15) is 29.8 Å². The lowest BCUT2D eigenvalue weighted by Gasteiger charge is -2.24. The number of hydrogen-bond donors (Lipinski definition) is 2. The lowest BCUT2D eigenvalue weighted by molar-refractivity contribution is 0.0954. The highest BCUT2D eigenvalue weighted by Crippen LogP contribution is 2.34. The summed E-state index contributed by atoms with van der Waals surface area (Å²) in [5, 5.41) is 2.19. The molecule has 3 nitrogen and oxygen atoms in total. The van der Waals surface area contributed by atoms with E-state index in [0.29, 0.717) is 12.0 Å². The molecule has 15 heavy (non-hydrogen) atoms. The van der Waals surface area contributed by atoms with Crippen LogP contribution in [-0.4, -0.2) is 12.7 Å². The topological polar surface area (TPSA) is 47.3 Å². The lowest BCUT2D eigenvalue weighted by Crippen LogP contribution is -2.35. The fraction of sp³-hybridized carbons (Fsp3) is 0.636. The van der Waals surface area contributed by atoms with E-state index >= 15 is 0 Å². The van der Waals surface area contributed by atoms with Crippen molar-refractivity contribution in [3.05, 3.63) is 21.9 Å². The summed E-state index contributed by atoms with van der Waals surface area (Å²) in [6, 6.07) is 2.44. The van der Waals surface area contributed by atoms with Gasteiger partial charge >= 0.3 is 0 Å². The minimum atomic E-state index is 0.229. The molecule has 3 N–H and O–H groups in total. The SMILES string of the molecule is Cc1cc(C(NN)C2CCOC2C)cs1. The third-order valence-electron chi connectivity index (χ3n) is 3.15. The Balaban J connectivity index is 2.16. The lowest BCUT2D eigenvalue weighted by atomic mass is 9.90. The molecular weight excluding hydrogens is 208 g/mol. The molecule has 0 aromatic carbocycles. The van der Waals surface area contributed by atoms with E-state index in [9.17, 15) is 0 Å². The molecular formula is C11H18N2OS. The minimum absolute atomic E-state index is 0.229. The van der Waals surface area contributed by atoms with Crippen LogP contribution in [0.2, 0.25) is 0 Å². The van der Waals surface area contributed by atoms with Crippen LogP contribution in [0.15, 0.2) is 11.4 Å². The van der Waals surface area contributed by atoms with Crippen molar-refractivity contribution in [1.29, 1.82) is 0 Å². The predicted octanol–water partition coefficient (Wildman–Crippen LogP) is 1.99. The number of hydrazine groups is 1. The van der Waals surface area contributed by atoms with Crippen LogP contribution in [0.4, 0.5) is 0 Å². The zero-order valence-electron chi connectivity index (χ0n) is 9.19. The van der Waals surface area contributed by atoms with Gasteiger partial charge in [-0.1, -0.05) is 0 Å². The number of thiophene rings is 1.